The standard InChI is InChI=1S/C13H9ClF2N2O/c14-8-2-1-3-11(12(8)13(17)18)19-7-4-5-9(15)10(16)6-7/h1-6H,(H3,17,18). The maximum atomic E-state index is 13.1. The third-order valence-electron chi connectivity index (χ3n) is 2.36. The summed E-state index contributed by atoms with van der Waals surface area (Å²) >= 11 is 5.91. The number of nitrogens with two attached hydrogens (primary N) is 1. The molecule has 0 spiro atoms. The highest BCUT2D eigenvalue weighted by molar-refractivity contribution is 6.34. The molecule has 0 aliphatic rings. The van der Waals surface area contributed by atoms with Crippen LogP contribution in [-0.4, -0.2) is 5.84 Å². The fourth-order valence-electron chi connectivity index (χ4n) is 1.52. The molecule has 3 nitrogen and oxygen atoms in total. The monoisotopic (exact) mass is 282 g/mol. The summed E-state index contributed by atoms with van der Waals surface area (Å²) in [4.78, 5) is 0. The van der Waals surface area contributed by atoms with Gasteiger partial charge in [-0.25, -0.2) is 8.78 Å². The van der Waals surface area contributed by atoms with E-state index in [1.807, 2.05) is 0 Å². The highest BCUT2D eigenvalue weighted by atomic mass is 35.5. The molecular weight excluding hydrogens is 274 g/mol. The van der Waals surface area contributed by atoms with Crippen molar-refractivity contribution in [2.24, 2.45) is 5.73 Å². The maximum Gasteiger partial charge on any atom is 0.162 e. The molecule has 98 valence electrons. The van der Waals surface area contributed by atoms with Crippen LogP contribution in [0.15, 0.2) is 36.4 Å². The van der Waals surface area contributed by atoms with E-state index in [1.165, 1.54) is 12.1 Å². The Morgan fingerprint density at radius 2 is 1.89 bits per heavy atom. The average Bonchev–Trinajstić information content (AvgIpc) is 2.33. The molecule has 19 heavy (non-hydrogen) atoms. The smallest absolute Gasteiger partial charge is 0.162 e. The molecule has 0 saturated heterocycles. The highest BCUT2D eigenvalue weighted by Gasteiger charge is 2.12. The van der Waals surface area contributed by atoms with Gasteiger partial charge in [-0.1, -0.05) is 17.7 Å². The molecule has 0 aliphatic carbocycles. The summed E-state index contributed by atoms with van der Waals surface area (Å²) in [5, 5.41) is 7.68. The summed E-state index contributed by atoms with van der Waals surface area (Å²) < 4.78 is 31.3. The molecule has 0 aliphatic heterocycles. The molecule has 0 fully saturated rings. The van der Waals surface area contributed by atoms with E-state index < -0.39 is 11.6 Å². The third kappa shape index (κ3) is 2.82. The fourth-order valence-corrected chi connectivity index (χ4v) is 1.79. The number of hydrogen-bond acceptors (Lipinski definition) is 2. The summed E-state index contributed by atoms with van der Waals surface area (Å²) in [6.45, 7) is 0. The summed E-state index contributed by atoms with van der Waals surface area (Å²) in [5.74, 6) is -1.98. The van der Waals surface area contributed by atoms with Gasteiger partial charge in [-0.2, -0.15) is 0 Å². The lowest BCUT2D eigenvalue weighted by molar-refractivity contribution is 0.461. The summed E-state index contributed by atoms with van der Waals surface area (Å²) in [6.07, 6.45) is 0. The number of nitrogens with one attached hydrogen (secondary N) is 1. The van der Waals surface area contributed by atoms with Gasteiger partial charge in [0.15, 0.2) is 11.6 Å². The van der Waals surface area contributed by atoms with Gasteiger partial charge in [0.2, 0.25) is 0 Å². The number of hydrogen-bond donors (Lipinski definition) is 2. The zero-order chi connectivity index (χ0) is 14.0. The minimum absolute atomic E-state index is 0.0867. The number of benzene rings is 2. The SMILES string of the molecule is N=C(N)c1c(Cl)cccc1Oc1ccc(F)c(F)c1. The Labute approximate surface area is 113 Å². The van der Waals surface area contributed by atoms with Crippen LogP contribution in [0.3, 0.4) is 0 Å². The van der Waals surface area contributed by atoms with Gasteiger partial charge in [-0.05, 0) is 24.3 Å². The number of ether oxygens (including phenoxy) is 1. The number of amidine groups is 1. The van der Waals surface area contributed by atoms with Crippen molar-refractivity contribution in [3.8, 4) is 11.5 Å². The van der Waals surface area contributed by atoms with Crippen molar-refractivity contribution in [1.29, 1.82) is 5.41 Å². The van der Waals surface area contributed by atoms with E-state index in [2.05, 4.69) is 0 Å². The first-order valence-corrected chi connectivity index (χ1v) is 5.62. The van der Waals surface area contributed by atoms with Gasteiger partial charge in [0.05, 0.1) is 10.6 Å². The van der Waals surface area contributed by atoms with Gasteiger partial charge in [-0.3, -0.25) is 5.41 Å². The van der Waals surface area contributed by atoms with E-state index in [-0.39, 0.29) is 27.9 Å². The van der Waals surface area contributed by atoms with Crippen LogP contribution in [0.5, 0.6) is 11.5 Å². The van der Waals surface area contributed by atoms with E-state index >= 15 is 0 Å². The van der Waals surface area contributed by atoms with Crippen molar-refractivity contribution in [2.75, 3.05) is 0 Å². The van der Waals surface area contributed by atoms with E-state index in [1.54, 1.807) is 12.1 Å². The van der Waals surface area contributed by atoms with Crippen LogP contribution >= 0.6 is 11.6 Å². The van der Waals surface area contributed by atoms with Crippen molar-refractivity contribution >= 4 is 17.4 Å². The molecule has 0 aromatic heterocycles. The van der Waals surface area contributed by atoms with Crippen molar-refractivity contribution in [2.45, 2.75) is 0 Å². The van der Waals surface area contributed by atoms with Crippen molar-refractivity contribution in [3.63, 3.8) is 0 Å². The zero-order valence-corrected chi connectivity index (χ0v) is 10.3. The minimum Gasteiger partial charge on any atom is -0.456 e. The predicted molar refractivity (Wildman–Crippen MR) is 68.9 cm³/mol. The summed E-state index contributed by atoms with van der Waals surface area (Å²) in [6, 6.07) is 7.80. The fraction of sp³-hybridized carbons (Fsp3) is 0. The molecule has 6 heteroatoms. The van der Waals surface area contributed by atoms with Crippen molar-refractivity contribution in [3.05, 3.63) is 58.6 Å². The molecule has 2 aromatic rings. The van der Waals surface area contributed by atoms with Gasteiger partial charge in [0.25, 0.3) is 0 Å². The Kier molecular flexibility index (Phi) is 3.66. The van der Waals surface area contributed by atoms with Gasteiger partial charge < -0.3 is 10.5 Å². The molecule has 0 atom stereocenters. The Morgan fingerprint density at radius 3 is 2.53 bits per heavy atom. The highest BCUT2D eigenvalue weighted by Crippen LogP contribution is 2.30. The molecule has 0 heterocycles. The predicted octanol–water partition coefficient (Wildman–Crippen LogP) is 3.69. The second-order valence-corrected chi connectivity index (χ2v) is 4.11. The number of rotatable bonds is 3. The largest absolute Gasteiger partial charge is 0.456 e. The Morgan fingerprint density at radius 1 is 1.16 bits per heavy atom. The Hall–Kier alpha value is -2.14. The topological polar surface area (TPSA) is 59.1 Å². The lowest BCUT2D eigenvalue weighted by Gasteiger charge is -2.11. The Balaban J connectivity index is 2.40. The molecule has 2 aromatic carbocycles. The first kappa shape index (κ1) is 13.3. The van der Waals surface area contributed by atoms with E-state index in [0.717, 1.165) is 12.1 Å². The summed E-state index contributed by atoms with van der Waals surface area (Å²) in [5.41, 5.74) is 5.61. The lowest BCUT2D eigenvalue weighted by atomic mass is 10.2. The van der Waals surface area contributed by atoms with Crippen LogP contribution in [-0.2, 0) is 0 Å². The molecule has 2 rings (SSSR count). The second kappa shape index (κ2) is 5.24. The lowest BCUT2D eigenvalue weighted by Crippen LogP contribution is -2.13. The third-order valence-corrected chi connectivity index (χ3v) is 2.68. The molecular formula is C13H9ClF2N2O. The normalized spacial score (nSPS) is 10.3. The van der Waals surface area contributed by atoms with Gasteiger partial charge in [0.1, 0.15) is 17.3 Å². The maximum absolute atomic E-state index is 13.1. The van der Waals surface area contributed by atoms with Gasteiger partial charge in [0, 0.05) is 6.07 Å². The number of nitrogen functional groups attached to an aromatic ring is 1. The Bertz CT molecular complexity index is 647. The van der Waals surface area contributed by atoms with Gasteiger partial charge in [-0.15, -0.1) is 0 Å². The molecule has 0 unspecified atom stereocenters. The average molecular weight is 283 g/mol. The van der Waals surface area contributed by atoms with Crippen LogP contribution in [0.2, 0.25) is 5.02 Å². The quantitative estimate of drug-likeness (QED) is 0.666. The molecule has 0 amide bonds. The van der Waals surface area contributed by atoms with Crippen molar-refractivity contribution in [1.82, 2.24) is 0 Å². The van der Waals surface area contributed by atoms with Crippen LogP contribution in [0.1, 0.15) is 5.56 Å². The van der Waals surface area contributed by atoms with Crippen LogP contribution < -0.4 is 10.5 Å². The van der Waals surface area contributed by atoms with Crippen LogP contribution in [0.25, 0.3) is 0 Å². The van der Waals surface area contributed by atoms with Crippen LogP contribution in [0.4, 0.5) is 8.78 Å². The molecule has 3 N–H and O–H groups in total. The van der Waals surface area contributed by atoms with E-state index in [0.29, 0.717) is 0 Å². The molecule has 0 saturated carbocycles. The second-order valence-electron chi connectivity index (χ2n) is 3.70. The molecule has 0 radical (unpaired) electrons. The van der Waals surface area contributed by atoms with Gasteiger partial charge >= 0.3 is 0 Å². The first-order chi connectivity index (χ1) is 8.99. The first-order valence-electron chi connectivity index (χ1n) is 5.25. The number of halogens is 3. The van der Waals surface area contributed by atoms with Crippen molar-refractivity contribution < 1.29 is 13.5 Å². The van der Waals surface area contributed by atoms with E-state index in [9.17, 15) is 8.78 Å². The zero-order valence-electron chi connectivity index (χ0n) is 9.58. The van der Waals surface area contributed by atoms with E-state index in [4.69, 9.17) is 27.5 Å². The molecule has 0 bridgehead atoms. The van der Waals surface area contributed by atoms with Crippen LogP contribution in [0, 0.1) is 17.0 Å². The summed E-state index contributed by atoms with van der Waals surface area (Å²) in [7, 11) is 0. The minimum atomic E-state index is -1.02.